The summed E-state index contributed by atoms with van der Waals surface area (Å²) < 4.78 is 0. The van der Waals surface area contributed by atoms with Gasteiger partial charge in [-0.3, -0.25) is 9.69 Å². The van der Waals surface area contributed by atoms with Gasteiger partial charge in [-0.1, -0.05) is 12.8 Å². The van der Waals surface area contributed by atoms with Crippen molar-refractivity contribution in [2.75, 3.05) is 19.6 Å². The van der Waals surface area contributed by atoms with E-state index < -0.39 is 0 Å². The Morgan fingerprint density at radius 2 is 1.89 bits per heavy atom. The zero-order chi connectivity index (χ0) is 12.8. The van der Waals surface area contributed by atoms with Crippen LogP contribution in [0.25, 0.3) is 0 Å². The standard InChI is InChI=1S/C14H27N3O/c15-9-3-10-17(13-4-1-2-5-13)11-8-14(18)16-12-6-7-12/h12-13H,1-11,15H2,(H,16,18). The van der Waals surface area contributed by atoms with Crippen LogP contribution in [0.15, 0.2) is 0 Å². The SMILES string of the molecule is NCCCN(CCC(=O)NC1CC1)C1CCCC1. The lowest BCUT2D eigenvalue weighted by Crippen LogP contribution is -2.38. The van der Waals surface area contributed by atoms with Gasteiger partial charge in [-0.25, -0.2) is 0 Å². The molecule has 0 atom stereocenters. The van der Waals surface area contributed by atoms with Crippen molar-refractivity contribution in [2.24, 2.45) is 5.73 Å². The quantitative estimate of drug-likeness (QED) is 0.684. The molecule has 0 aromatic heterocycles. The van der Waals surface area contributed by atoms with Crippen LogP contribution in [0, 0.1) is 0 Å². The van der Waals surface area contributed by atoms with Crippen LogP contribution in [0.2, 0.25) is 0 Å². The van der Waals surface area contributed by atoms with Gasteiger partial charge in [-0.15, -0.1) is 0 Å². The average molecular weight is 253 g/mol. The molecule has 4 heteroatoms. The van der Waals surface area contributed by atoms with Crippen molar-refractivity contribution in [3.63, 3.8) is 0 Å². The van der Waals surface area contributed by atoms with Gasteiger partial charge in [0.15, 0.2) is 0 Å². The van der Waals surface area contributed by atoms with Crippen LogP contribution in [0.3, 0.4) is 0 Å². The molecule has 1 amide bonds. The summed E-state index contributed by atoms with van der Waals surface area (Å²) in [6.45, 7) is 2.71. The van der Waals surface area contributed by atoms with Crippen LogP contribution in [0.4, 0.5) is 0 Å². The van der Waals surface area contributed by atoms with Crippen molar-refractivity contribution in [1.82, 2.24) is 10.2 Å². The van der Waals surface area contributed by atoms with E-state index in [0.717, 1.165) is 26.1 Å². The lowest BCUT2D eigenvalue weighted by molar-refractivity contribution is -0.121. The summed E-state index contributed by atoms with van der Waals surface area (Å²) in [7, 11) is 0. The fraction of sp³-hybridized carbons (Fsp3) is 0.929. The van der Waals surface area contributed by atoms with Crippen LogP contribution in [0.1, 0.15) is 51.4 Å². The van der Waals surface area contributed by atoms with Crippen LogP contribution in [0.5, 0.6) is 0 Å². The Kier molecular flexibility index (Phi) is 5.45. The molecule has 104 valence electrons. The molecule has 0 aliphatic heterocycles. The van der Waals surface area contributed by atoms with Crippen LogP contribution in [-0.4, -0.2) is 42.5 Å². The molecular formula is C14H27N3O. The van der Waals surface area contributed by atoms with Crippen molar-refractivity contribution in [1.29, 1.82) is 0 Å². The van der Waals surface area contributed by atoms with Crippen LogP contribution in [-0.2, 0) is 4.79 Å². The maximum Gasteiger partial charge on any atom is 0.221 e. The van der Waals surface area contributed by atoms with Gasteiger partial charge in [-0.2, -0.15) is 0 Å². The van der Waals surface area contributed by atoms with Crippen molar-refractivity contribution in [2.45, 2.75) is 63.5 Å². The maximum atomic E-state index is 11.7. The first-order valence-electron chi connectivity index (χ1n) is 7.53. The molecule has 3 N–H and O–H groups in total. The summed E-state index contributed by atoms with van der Waals surface area (Å²) in [5, 5.41) is 3.07. The molecule has 2 aliphatic carbocycles. The van der Waals surface area contributed by atoms with Crippen molar-refractivity contribution in [3.8, 4) is 0 Å². The third kappa shape index (κ3) is 4.58. The fourth-order valence-electron chi connectivity index (χ4n) is 2.81. The molecule has 2 rings (SSSR count). The van der Waals surface area contributed by atoms with Gasteiger partial charge in [0.05, 0.1) is 0 Å². The molecular weight excluding hydrogens is 226 g/mol. The van der Waals surface area contributed by atoms with E-state index in [0.29, 0.717) is 18.5 Å². The zero-order valence-corrected chi connectivity index (χ0v) is 11.4. The molecule has 2 saturated carbocycles. The number of hydrogen-bond acceptors (Lipinski definition) is 3. The second-order valence-corrected chi connectivity index (χ2v) is 5.71. The number of nitrogens with two attached hydrogens (primary N) is 1. The maximum absolute atomic E-state index is 11.7. The Labute approximate surface area is 110 Å². The number of carbonyl (C=O) groups is 1. The molecule has 0 saturated heterocycles. The summed E-state index contributed by atoms with van der Waals surface area (Å²) in [5.41, 5.74) is 5.60. The molecule has 0 aromatic rings. The van der Waals surface area contributed by atoms with Crippen molar-refractivity contribution >= 4 is 5.91 Å². The molecule has 0 spiro atoms. The normalized spacial score (nSPS) is 20.6. The number of nitrogens with one attached hydrogen (secondary N) is 1. The third-order valence-electron chi connectivity index (χ3n) is 4.06. The number of hydrogen-bond donors (Lipinski definition) is 2. The van der Waals surface area contributed by atoms with E-state index in [1.807, 2.05) is 0 Å². The Bertz CT molecular complexity index is 260. The Balaban J connectivity index is 1.70. The first-order chi connectivity index (χ1) is 8.79. The molecule has 0 bridgehead atoms. The Morgan fingerprint density at radius 1 is 1.17 bits per heavy atom. The second kappa shape index (κ2) is 7.10. The number of amides is 1. The molecule has 4 nitrogen and oxygen atoms in total. The number of rotatable bonds is 8. The van der Waals surface area contributed by atoms with E-state index in [4.69, 9.17) is 5.73 Å². The Hall–Kier alpha value is -0.610. The second-order valence-electron chi connectivity index (χ2n) is 5.71. The smallest absolute Gasteiger partial charge is 0.221 e. The molecule has 0 radical (unpaired) electrons. The Morgan fingerprint density at radius 3 is 2.50 bits per heavy atom. The minimum Gasteiger partial charge on any atom is -0.353 e. The minimum absolute atomic E-state index is 0.230. The summed E-state index contributed by atoms with van der Waals surface area (Å²) in [4.78, 5) is 14.2. The highest BCUT2D eigenvalue weighted by atomic mass is 16.1. The first-order valence-corrected chi connectivity index (χ1v) is 7.53. The van der Waals surface area contributed by atoms with E-state index >= 15 is 0 Å². The predicted molar refractivity (Wildman–Crippen MR) is 73.3 cm³/mol. The molecule has 2 fully saturated rings. The average Bonchev–Trinajstić information content (AvgIpc) is 3.00. The highest BCUT2D eigenvalue weighted by molar-refractivity contribution is 5.76. The molecule has 18 heavy (non-hydrogen) atoms. The summed E-state index contributed by atoms with van der Waals surface area (Å²) in [6.07, 6.45) is 9.33. The first kappa shape index (κ1) is 13.8. The lowest BCUT2D eigenvalue weighted by Gasteiger charge is -2.28. The van der Waals surface area contributed by atoms with E-state index in [1.165, 1.54) is 38.5 Å². The molecule has 0 unspecified atom stereocenters. The molecule has 2 aliphatic rings. The van der Waals surface area contributed by atoms with Gasteiger partial charge >= 0.3 is 0 Å². The topological polar surface area (TPSA) is 58.4 Å². The van der Waals surface area contributed by atoms with E-state index in [-0.39, 0.29) is 5.91 Å². The van der Waals surface area contributed by atoms with E-state index in [2.05, 4.69) is 10.2 Å². The third-order valence-corrected chi connectivity index (χ3v) is 4.06. The van der Waals surface area contributed by atoms with Crippen molar-refractivity contribution < 1.29 is 4.79 Å². The van der Waals surface area contributed by atoms with Gasteiger partial charge in [0.25, 0.3) is 0 Å². The highest BCUT2D eigenvalue weighted by Crippen LogP contribution is 2.24. The zero-order valence-electron chi connectivity index (χ0n) is 11.4. The van der Waals surface area contributed by atoms with Gasteiger partial charge in [0.1, 0.15) is 0 Å². The number of nitrogens with zero attached hydrogens (tertiary/aromatic N) is 1. The highest BCUT2D eigenvalue weighted by Gasteiger charge is 2.25. The summed E-state index contributed by atoms with van der Waals surface area (Å²) >= 11 is 0. The monoisotopic (exact) mass is 253 g/mol. The lowest BCUT2D eigenvalue weighted by atomic mass is 10.2. The van der Waals surface area contributed by atoms with Crippen molar-refractivity contribution in [3.05, 3.63) is 0 Å². The van der Waals surface area contributed by atoms with Gasteiger partial charge in [0.2, 0.25) is 5.91 Å². The van der Waals surface area contributed by atoms with Crippen LogP contribution < -0.4 is 11.1 Å². The summed E-state index contributed by atoms with van der Waals surface area (Å²) in [6, 6.07) is 1.19. The largest absolute Gasteiger partial charge is 0.353 e. The predicted octanol–water partition coefficient (Wildman–Crippen LogP) is 1.25. The molecule has 0 aromatic carbocycles. The minimum atomic E-state index is 0.230. The van der Waals surface area contributed by atoms with Crippen LogP contribution >= 0.6 is 0 Å². The van der Waals surface area contributed by atoms with E-state index in [9.17, 15) is 4.79 Å². The van der Waals surface area contributed by atoms with Gasteiger partial charge in [-0.05, 0) is 45.2 Å². The van der Waals surface area contributed by atoms with Gasteiger partial charge in [0, 0.05) is 25.0 Å². The van der Waals surface area contributed by atoms with E-state index in [1.54, 1.807) is 0 Å². The summed E-state index contributed by atoms with van der Waals surface area (Å²) in [5.74, 6) is 0.230. The van der Waals surface area contributed by atoms with Gasteiger partial charge < -0.3 is 11.1 Å². The number of carbonyl (C=O) groups excluding carboxylic acids is 1. The molecule has 0 heterocycles. The fourth-order valence-corrected chi connectivity index (χ4v) is 2.81.